The monoisotopic (exact) mass is 443 g/mol. The predicted octanol–water partition coefficient (Wildman–Crippen LogP) is 1.66. The van der Waals surface area contributed by atoms with Gasteiger partial charge in [0.25, 0.3) is 10.1 Å². The van der Waals surface area contributed by atoms with E-state index in [0.717, 1.165) is 19.3 Å². The molecule has 0 fully saturated rings. The van der Waals surface area contributed by atoms with Gasteiger partial charge in [-0.25, -0.2) is 0 Å². The summed E-state index contributed by atoms with van der Waals surface area (Å²) in [5, 5.41) is 2.42. The molecule has 29 heavy (non-hydrogen) atoms. The second-order valence-corrected chi connectivity index (χ2v) is 8.33. The highest BCUT2D eigenvalue weighted by Crippen LogP contribution is 2.17. The van der Waals surface area contributed by atoms with Crippen molar-refractivity contribution in [1.29, 1.82) is 0 Å². The van der Waals surface area contributed by atoms with Crippen molar-refractivity contribution in [3.05, 3.63) is 0 Å². The lowest BCUT2D eigenvalue weighted by Gasteiger charge is -2.16. The van der Waals surface area contributed by atoms with E-state index in [1.807, 2.05) is 0 Å². The maximum absolute atomic E-state index is 11.9. The van der Waals surface area contributed by atoms with E-state index in [-0.39, 0.29) is 47.9 Å². The molecule has 0 heterocycles. The van der Waals surface area contributed by atoms with Gasteiger partial charge in [0.15, 0.2) is 0 Å². The molecule has 0 aromatic heterocycles. The van der Waals surface area contributed by atoms with Gasteiger partial charge >= 0.3 is 5.97 Å². The van der Waals surface area contributed by atoms with Crippen molar-refractivity contribution in [2.75, 3.05) is 32.6 Å². The highest BCUT2D eigenvalue weighted by atomic mass is 32.2. The number of hydrogen-bond donors (Lipinski definition) is 2. The molecule has 0 bridgehead atoms. The van der Waals surface area contributed by atoms with Gasteiger partial charge in [-0.2, -0.15) is 8.42 Å². The van der Waals surface area contributed by atoms with Crippen LogP contribution in [0, 0.1) is 5.92 Å². The van der Waals surface area contributed by atoms with Crippen LogP contribution in [0.1, 0.15) is 58.3 Å². The summed E-state index contributed by atoms with van der Waals surface area (Å²) >= 11 is 0. The van der Waals surface area contributed by atoms with Crippen LogP contribution in [-0.4, -0.2) is 63.3 Å². The average Bonchev–Trinajstić information content (AvgIpc) is 2.58. The van der Waals surface area contributed by atoms with Crippen LogP contribution in [-0.2, 0) is 34.0 Å². The van der Waals surface area contributed by atoms with E-state index in [0.29, 0.717) is 32.3 Å². The molecule has 0 saturated heterocycles. The third kappa shape index (κ3) is 20.9. The summed E-state index contributed by atoms with van der Waals surface area (Å²) in [6, 6.07) is 0. The topological polar surface area (TPSA) is 136 Å². The lowest BCUT2D eigenvalue weighted by molar-refractivity contribution is -0.144. The summed E-state index contributed by atoms with van der Waals surface area (Å²) in [5.74, 6) is -1.38. The fraction of sp³-hybridized carbons (Fsp3) is 0.833. The Labute approximate surface area is 172 Å². The highest BCUT2D eigenvalue weighted by molar-refractivity contribution is 7.85. The van der Waals surface area contributed by atoms with E-state index in [2.05, 4.69) is 5.32 Å². The number of esters is 1. The number of carbonyl (C=O) groups excluding carboxylic acids is 3. The van der Waals surface area contributed by atoms with Crippen molar-refractivity contribution < 1.29 is 41.5 Å². The SMILES string of the molecule is COCCCCCC(=O)OCCC(CCC(C)=O)CC(=O)NCCS(=O)(=O)O.F. The molecule has 0 aliphatic carbocycles. The quantitative estimate of drug-likeness (QED) is 0.197. The van der Waals surface area contributed by atoms with Crippen molar-refractivity contribution in [2.45, 2.75) is 58.3 Å². The van der Waals surface area contributed by atoms with Gasteiger partial charge in [-0.15, -0.1) is 0 Å². The summed E-state index contributed by atoms with van der Waals surface area (Å²) in [4.78, 5) is 34.8. The zero-order valence-electron chi connectivity index (χ0n) is 17.2. The minimum absolute atomic E-state index is 0. The second kappa shape index (κ2) is 17.3. The lowest BCUT2D eigenvalue weighted by atomic mass is 9.94. The van der Waals surface area contributed by atoms with Gasteiger partial charge in [0.1, 0.15) is 5.78 Å². The van der Waals surface area contributed by atoms with E-state index in [1.54, 1.807) is 7.11 Å². The summed E-state index contributed by atoms with van der Waals surface area (Å²) in [6.07, 6.45) is 4.16. The number of unbranched alkanes of at least 4 members (excludes halogenated alkanes) is 2. The fourth-order valence-electron chi connectivity index (χ4n) is 2.51. The van der Waals surface area contributed by atoms with Crippen LogP contribution < -0.4 is 5.32 Å². The number of rotatable bonds is 17. The van der Waals surface area contributed by atoms with Crippen molar-refractivity contribution >= 4 is 27.8 Å². The molecule has 1 atom stereocenters. The zero-order chi connectivity index (χ0) is 21.4. The molecule has 0 radical (unpaired) electrons. The maximum atomic E-state index is 11.9. The molecular weight excluding hydrogens is 409 g/mol. The number of carbonyl (C=O) groups is 3. The number of Topliss-reactive ketones (excluding diaryl/α,β-unsaturated/α-hetero) is 1. The van der Waals surface area contributed by atoms with Crippen LogP contribution in [0.4, 0.5) is 4.70 Å². The molecule has 0 aromatic carbocycles. The van der Waals surface area contributed by atoms with Crippen LogP contribution >= 0.6 is 0 Å². The van der Waals surface area contributed by atoms with E-state index >= 15 is 0 Å². The van der Waals surface area contributed by atoms with Gasteiger partial charge in [-0.1, -0.05) is 6.42 Å². The molecule has 1 unspecified atom stereocenters. The number of halogens is 1. The Morgan fingerprint density at radius 3 is 2.31 bits per heavy atom. The summed E-state index contributed by atoms with van der Waals surface area (Å²) < 4.78 is 40.1. The first-order valence-electron chi connectivity index (χ1n) is 9.50. The Balaban J connectivity index is 0. The van der Waals surface area contributed by atoms with E-state index in [4.69, 9.17) is 14.0 Å². The molecule has 0 aliphatic rings. The Hall–Kier alpha value is -1.59. The van der Waals surface area contributed by atoms with Crippen LogP contribution in [0.2, 0.25) is 0 Å². The molecule has 9 nitrogen and oxygen atoms in total. The number of nitrogens with one attached hydrogen (secondary N) is 1. The largest absolute Gasteiger partial charge is 0.466 e. The van der Waals surface area contributed by atoms with E-state index < -0.39 is 15.9 Å². The van der Waals surface area contributed by atoms with Gasteiger partial charge in [-0.05, 0) is 38.5 Å². The minimum Gasteiger partial charge on any atom is -0.466 e. The molecule has 0 saturated carbocycles. The molecule has 0 aliphatic heterocycles. The fourth-order valence-corrected chi connectivity index (χ4v) is 2.87. The second-order valence-electron chi connectivity index (χ2n) is 6.76. The number of methoxy groups -OCH3 is 1. The third-order valence-corrected chi connectivity index (χ3v) is 4.80. The van der Waals surface area contributed by atoms with Gasteiger partial charge in [0, 0.05) is 39.5 Å². The Bertz CT molecular complexity index is 582. The molecule has 2 N–H and O–H groups in total. The average molecular weight is 444 g/mol. The molecule has 1 amide bonds. The van der Waals surface area contributed by atoms with Crippen molar-refractivity contribution in [2.24, 2.45) is 5.92 Å². The summed E-state index contributed by atoms with van der Waals surface area (Å²) in [5.41, 5.74) is 0. The van der Waals surface area contributed by atoms with Crippen LogP contribution in [0.25, 0.3) is 0 Å². The summed E-state index contributed by atoms with van der Waals surface area (Å²) in [6.45, 7) is 2.11. The molecule has 0 aromatic rings. The van der Waals surface area contributed by atoms with Crippen molar-refractivity contribution in [1.82, 2.24) is 5.32 Å². The maximum Gasteiger partial charge on any atom is 0.305 e. The van der Waals surface area contributed by atoms with Crippen LogP contribution in [0.5, 0.6) is 0 Å². The summed E-state index contributed by atoms with van der Waals surface area (Å²) in [7, 11) is -2.50. The lowest BCUT2D eigenvalue weighted by Crippen LogP contribution is -2.30. The Morgan fingerprint density at radius 2 is 1.72 bits per heavy atom. The van der Waals surface area contributed by atoms with E-state index in [9.17, 15) is 22.8 Å². The number of ketones is 1. The van der Waals surface area contributed by atoms with Crippen molar-refractivity contribution in [3.8, 4) is 0 Å². The first kappa shape index (κ1) is 29.6. The minimum atomic E-state index is -4.13. The Kier molecular flexibility index (Phi) is 17.6. The van der Waals surface area contributed by atoms with E-state index in [1.165, 1.54) is 6.92 Å². The smallest absolute Gasteiger partial charge is 0.305 e. The number of ether oxygens (including phenoxy) is 2. The highest BCUT2D eigenvalue weighted by Gasteiger charge is 2.16. The normalized spacial score (nSPS) is 12.0. The Morgan fingerprint density at radius 1 is 1.03 bits per heavy atom. The molecule has 11 heteroatoms. The molecule has 172 valence electrons. The van der Waals surface area contributed by atoms with Gasteiger partial charge in [-0.3, -0.25) is 18.8 Å². The first-order valence-corrected chi connectivity index (χ1v) is 11.1. The van der Waals surface area contributed by atoms with Crippen molar-refractivity contribution in [3.63, 3.8) is 0 Å². The predicted molar refractivity (Wildman–Crippen MR) is 106 cm³/mol. The first-order chi connectivity index (χ1) is 13.1. The number of hydrogen-bond acceptors (Lipinski definition) is 7. The van der Waals surface area contributed by atoms with Gasteiger partial charge in [0.05, 0.1) is 12.4 Å². The molecule has 0 spiro atoms. The standard InChI is InChI=1S/C18H33NO8S.FH/c1-15(20)7-8-16(14-17(21)19-10-13-28(23,24)25)9-12-27-18(22)6-4-3-5-11-26-2;/h16H,3-14H2,1-2H3,(H,19,21)(H,23,24,25);1H. The van der Waals surface area contributed by atoms with Crippen LogP contribution in [0.15, 0.2) is 0 Å². The van der Waals surface area contributed by atoms with Gasteiger partial charge in [0.2, 0.25) is 5.91 Å². The molecular formula is C18H34FNO8S. The van der Waals surface area contributed by atoms with Crippen LogP contribution in [0.3, 0.4) is 0 Å². The van der Waals surface area contributed by atoms with Gasteiger partial charge < -0.3 is 19.6 Å². The zero-order valence-corrected chi connectivity index (χ0v) is 18.0. The third-order valence-electron chi connectivity index (χ3n) is 4.08. The molecule has 0 rings (SSSR count). The number of amides is 1.